The summed E-state index contributed by atoms with van der Waals surface area (Å²) in [7, 11) is 0. The van der Waals surface area contributed by atoms with Crippen LogP contribution in [0.5, 0.6) is 0 Å². The molecule has 0 aromatic heterocycles. The van der Waals surface area contributed by atoms with E-state index >= 15 is 0 Å². The molecule has 0 aromatic rings. The highest BCUT2D eigenvalue weighted by molar-refractivity contribution is 14.1. The molecule has 0 amide bonds. The first-order valence-electron chi connectivity index (χ1n) is 10.2. The molecule has 6 atom stereocenters. The van der Waals surface area contributed by atoms with Crippen molar-refractivity contribution in [1.82, 2.24) is 0 Å². The average molecular weight is 475 g/mol. The Kier molecular flexibility index (Phi) is 5.83. The van der Waals surface area contributed by atoms with Crippen LogP contribution in [0, 0.1) is 17.2 Å². The number of nitriles is 1. The molecule has 1 saturated carbocycles. The molecule has 0 bridgehead atoms. The van der Waals surface area contributed by atoms with Gasteiger partial charge in [0.2, 0.25) is 0 Å². The highest BCUT2D eigenvalue weighted by Gasteiger charge is 2.56. The van der Waals surface area contributed by atoms with Crippen molar-refractivity contribution in [2.45, 2.75) is 101 Å². The fourth-order valence-electron chi connectivity index (χ4n) is 5.16. The summed E-state index contributed by atoms with van der Waals surface area (Å²) in [6.07, 6.45) is 9.80. The Labute approximate surface area is 170 Å². The number of alkyl halides is 1. The van der Waals surface area contributed by atoms with Gasteiger partial charge >= 0.3 is 0 Å². The summed E-state index contributed by atoms with van der Waals surface area (Å²) >= 11 is 2.44. The topological polar surface area (TPSA) is 60.7 Å². The first-order chi connectivity index (χ1) is 12.6. The van der Waals surface area contributed by atoms with Crippen LogP contribution in [0.4, 0.5) is 0 Å². The predicted molar refractivity (Wildman–Crippen MR) is 105 cm³/mol. The van der Waals surface area contributed by atoms with Crippen LogP contribution in [0.1, 0.15) is 64.7 Å². The third-order valence-electron chi connectivity index (χ3n) is 6.59. The Hall–Kier alpha value is 0.0600. The lowest BCUT2D eigenvalue weighted by Crippen LogP contribution is -2.50. The van der Waals surface area contributed by atoms with Gasteiger partial charge in [-0.2, -0.15) is 5.26 Å². The van der Waals surface area contributed by atoms with E-state index in [4.69, 9.17) is 24.2 Å². The van der Waals surface area contributed by atoms with Crippen LogP contribution in [0.25, 0.3) is 0 Å². The molecule has 1 spiro atoms. The minimum atomic E-state index is -0.344. The van der Waals surface area contributed by atoms with Gasteiger partial charge < -0.3 is 18.9 Å². The molecule has 3 saturated heterocycles. The number of halogens is 1. The molecule has 0 radical (unpaired) electrons. The minimum Gasteiger partial charge on any atom is -0.369 e. The number of nitrogens with zero attached hydrogens (tertiary/aromatic N) is 1. The summed E-state index contributed by atoms with van der Waals surface area (Å²) in [6.45, 7) is 2.62. The molecular weight excluding hydrogens is 445 g/mol. The van der Waals surface area contributed by atoms with E-state index in [0.29, 0.717) is 6.61 Å². The highest BCUT2D eigenvalue weighted by Crippen LogP contribution is 2.47. The van der Waals surface area contributed by atoms with Crippen molar-refractivity contribution >= 4 is 22.6 Å². The van der Waals surface area contributed by atoms with Crippen molar-refractivity contribution in [2.75, 3.05) is 11.0 Å². The first-order valence-corrected chi connectivity index (χ1v) is 11.7. The third kappa shape index (κ3) is 3.67. The van der Waals surface area contributed by atoms with Gasteiger partial charge in [0.1, 0.15) is 11.7 Å². The summed E-state index contributed by atoms with van der Waals surface area (Å²) in [5, 5.41) is 9.12. The van der Waals surface area contributed by atoms with E-state index in [2.05, 4.69) is 28.7 Å². The van der Waals surface area contributed by atoms with E-state index in [1.807, 2.05) is 6.92 Å². The van der Waals surface area contributed by atoms with Crippen molar-refractivity contribution in [1.29, 1.82) is 5.26 Å². The number of hydrogen-bond acceptors (Lipinski definition) is 5. The monoisotopic (exact) mass is 475 g/mol. The molecule has 26 heavy (non-hydrogen) atoms. The normalized spacial score (nSPS) is 43.1. The zero-order chi connectivity index (χ0) is 18.2. The van der Waals surface area contributed by atoms with Crippen molar-refractivity contribution in [3.8, 4) is 6.07 Å². The Bertz CT molecular complexity index is 546. The second-order valence-corrected chi connectivity index (χ2v) is 9.35. The molecule has 146 valence electrons. The minimum absolute atomic E-state index is 0.0265. The van der Waals surface area contributed by atoms with Gasteiger partial charge in [-0.3, -0.25) is 0 Å². The maximum atomic E-state index is 9.12. The number of ether oxygens (including phenoxy) is 4. The molecular formula is C20H30INO4. The summed E-state index contributed by atoms with van der Waals surface area (Å²) in [4.78, 5) is 0. The molecule has 1 aliphatic carbocycles. The van der Waals surface area contributed by atoms with Crippen LogP contribution >= 0.6 is 22.6 Å². The third-order valence-corrected chi connectivity index (χ3v) is 7.89. The standard InChI is InChI=1S/C20H30INO4/c1-14(11-22)9-15-5-6-18-19(13-21,25-15)10-16(24-18)17-12-23-20(26-17)7-3-2-4-8-20/h14-18H,2-10,12-13H2,1H3/t14-,15-,16-,17-,18+,19-/m1/s1. The van der Waals surface area contributed by atoms with Crippen LogP contribution in [-0.4, -0.2) is 46.8 Å². The van der Waals surface area contributed by atoms with E-state index in [-0.39, 0.29) is 41.7 Å². The molecule has 0 aromatic carbocycles. The zero-order valence-electron chi connectivity index (χ0n) is 15.6. The number of fused-ring (bicyclic) bond motifs is 1. The molecule has 4 fully saturated rings. The quantitative estimate of drug-likeness (QED) is 0.452. The van der Waals surface area contributed by atoms with Gasteiger partial charge in [-0.05, 0) is 39.0 Å². The largest absolute Gasteiger partial charge is 0.369 e. The van der Waals surface area contributed by atoms with E-state index in [1.165, 1.54) is 19.3 Å². The maximum absolute atomic E-state index is 9.12. The summed E-state index contributed by atoms with van der Waals surface area (Å²) in [5.41, 5.74) is -0.227. The van der Waals surface area contributed by atoms with Crippen molar-refractivity contribution < 1.29 is 18.9 Å². The maximum Gasteiger partial charge on any atom is 0.169 e. The highest BCUT2D eigenvalue weighted by atomic mass is 127. The van der Waals surface area contributed by atoms with Crippen LogP contribution in [-0.2, 0) is 18.9 Å². The number of hydrogen-bond donors (Lipinski definition) is 0. The molecule has 0 unspecified atom stereocenters. The fourth-order valence-corrected chi connectivity index (χ4v) is 6.14. The number of rotatable bonds is 4. The fraction of sp³-hybridized carbons (Fsp3) is 0.950. The van der Waals surface area contributed by atoms with Gasteiger partial charge in [-0.1, -0.05) is 29.0 Å². The van der Waals surface area contributed by atoms with Gasteiger partial charge in [0.05, 0.1) is 31.0 Å². The van der Waals surface area contributed by atoms with E-state index in [9.17, 15) is 0 Å². The van der Waals surface area contributed by atoms with Crippen molar-refractivity contribution in [3.05, 3.63) is 0 Å². The Morgan fingerprint density at radius 2 is 1.96 bits per heavy atom. The molecule has 4 rings (SSSR count). The first kappa shape index (κ1) is 19.4. The van der Waals surface area contributed by atoms with Gasteiger partial charge in [-0.15, -0.1) is 0 Å². The second kappa shape index (κ2) is 7.82. The lowest BCUT2D eigenvalue weighted by Gasteiger charge is -2.41. The summed E-state index contributed by atoms with van der Waals surface area (Å²) in [5.74, 6) is -0.304. The lowest BCUT2D eigenvalue weighted by atomic mass is 9.86. The molecule has 4 aliphatic rings. The van der Waals surface area contributed by atoms with Crippen LogP contribution in [0.15, 0.2) is 0 Å². The molecule has 0 N–H and O–H groups in total. The van der Waals surface area contributed by atoms with Gasteiger partial charge in [0, 0.05) is 29.6 Å². The lowest BCUT2D eigenvalue weighted by molar-refractivity contribution is -0.199. The van der Waals surface area contributed by atoms with Crippen LogP contribution < -0.4 is 0 Å². The Morgan fingerprint density at radius 1 is 1.15 bits per heavy atom. The van der Waals surface area contributed by atoms with E-state index in [0.717, 1.165) is 43.0 Å². The zero-order valence-corrected chi connectivity index (χ0v) is 17.8. The van der Waals surface area contributed by atoms with Crippen LogP contribution in [0.2, 0.25) is 0 Å². The van der Waals surface area contributed by atoms with Gasteiger partial charge in [0.15, 0.2) is 5.79 Å². The van der Waals surface area contributed by atoms with Crippen LogP contribution in [0.3, 0.4) is 0 Å². The molecule has 3 aliphatic heterocycles. The molecule has 6 heteroatoms. The Balaban J connectivity index is 1.40. The van der Waals surface area contributed by atoms with Gasteiger partial charge in [-0.25, -0.2) is 0 Å². The van der Waals surface area contributed by atoms with E-state index < -0.39 is 0 Å². The predicted octanol–water partition coefficient (Wildman–Crippen LogP) is 4.12. The SMILES string of the molecule is C[C@@H](C#N)C[C@H]1CC[C@@H]2O[C@@H]([C@H]3COC4(CCCCC4)O3)C[C@]2(CI)O1. The smallest absolute Gasteiger partial charge is 0.169 e. The molecule has 3 heterocycles. The van der Waals surface area contributed by atoms with E-state index in [1.54, 1.807) is 0 Å². The average Bonchev–Trinajstić information content (AvgIpc) is 3.24. The Morgan fingerprint density at radius 3 is 2.69 bits per heavy atom. The van der Waals surface area contributed by atoms with Crippen molar-refractivity contribution in [3.63, 3.8) is 0 Å². The summed E-state index contributed by atoms with van der Waals surface area (Å²) in [6, 6.07) is 2.34. The van der Waals surface area contributed by atoms with Crippen molar-refractivity contribution in [2.24, 2.45) is 5.92 Å². The second-order valence-electron chi connectivity index (χ2n) is 8.59. The van der Waals surface area contributed by atoms with Gasteiger partial charge in [0.25, 0.3) is 0 Å². The summed E-state index contributed by atoms with van der Waals surface area (Å²) < 4.78 is 26.5. The molecule has 5 nitrogen and oxygen atoms in total.